The van der Waals surface area contributed by atoms with Crippen molar-refractivity contribution >= 4 is 101 Å². The standard InChI is InChI=1S/C27H21N3.C19H12ClN3.C8H11BO2/c1-16-7-6-8-17(2)25(16)19-12-14-23-21(15-19)26-20(13-11-18(3)28-26)27-29-22-9-4-5-10-24(22)30(23)27;1-11-6-8-13-18(21-11)14-10-12(20)7-9-16(14)23-17-5-3-2-4-15(17)22-19(13)23;1-6-4-3-5-7(2)8(6)9(10)11/h4-15H,1-3H3;2-10H,1H3;3-5,10-11H,1-2H3. The zero-order valence-corrected chi connectivity index (χ0v) is 37.1. The predicted octanol–water partition coefficient (Wildman–Crippen LogP) is 11.9. The molecule has 0 amide bonds. The van der Waals surface area contributed by atoms with E-state index in [1.807, 2.05) is 94.4 Å². The lowest BCUT2D eigenvalue weighted by atomic mass is 9.74. The Kier molecular flexibility index (Phi) is 10.3. The van der Waals surface area contributed by atoms with Crippen LogP contribution in [-0.4, -0.2) is 45.9 Å². The van der Waals surface area contributed by atoms with Crippen LogP contribution in [0.2, 0.25) is 5.02 Å². The van der Waals surface area contributed by atoms with Gasteiger partial charge < -0.3 is 10.0 Å². The Balaban J connectivity index is 0.000000126. The van der Waals surface area contributed by atoms with Crippen molar-refractivity contribution in [2.45, 2.75) is 41.5 Å². The molecule has 0 aliphatic carbocycles. The summed E-state index contributed by atoms with van der Waals surface area (Å²) in [4.78, 5) is 19.5. The molecular formula is C54H44BClN6O2. The molecule has 0 aliphatic heterocycles. The highest BCUT2D eigenvalue weighted by Gasteiger charge is 2.18. The summed E-state index contributed by atoms with van der Waals surface area (Å²) in [6.07, 6.45) is 0. The smallest absolute Gasteiger partial charge is 0.423 e. The third-order valence-corrected chi connectivity index (χ3v) is 12.4. The van der Waals surface area contributed by atoms with E-state index in [1.165, 1.54) is 22.3 Å². The van der Waals surface area contributed by atoms with Gasteiger partial charge in [0.25, 0.3) is 0 Å². The molecule has 10 heteroatoms. The molecule has 12 aromatic rings. The van der Waals surface area contributed by atoms with Gasteiger partial charge in [0, 0.05) is 38.0 Å². The van der Waals surface area contributed by atoms with E-state index in [9.17, 15) is 0 Å². The molecule has 0 spiro atoms. The highest BCUT2D eigenvalue weighted by molar-refractivity contribution is 6.59. The predicted molar refractivity (Wildman–Crippen MR) is 266 cm³/mol. The second-order valence-corrected chi connectivity index (χ2v) is 17.0. The molecule has 0 radical (unpaired) electrons. The van der Waals surface area contributed by atoms with E-state index in [2.05, 4.69) is 102 Å². The van der Waals surface area contributed by atoms with Gasteiger partial charge in [-0.2, -0.15) is 0 Å². The molecule has 0 bridgehead atoms. The van der Waals surface area contributed by atoms with Crippen molar-refractivity contribution in [1.29, 1.82) is 0 Å². The summed E-state index contributed by atoms with van der Waals surface area (Å²) >= 11 is 6.25. The molecule has 0 saturated heterocycles. The molecule has 0 unspecified atom stereocenters. The van der Waals surface area contributed by atoms with Crippen molar-refractivity contribution in [3.8, 4) is 11.1 Å². The Labute approximate surface area is 375 Å². The summed E-state index contributed by atoms with van der Waals surface area (Å²) in [5.74, 6) is 0. The van der Waals surface area contributed by atoms with Gasteiger partial charge >= 0.3 is 7.12 Å². The van der Waals surface area contributed by atoms with Crippen LogP contribution in [0.25, 0.3) is 88.1 Å². The summed E-state index contributed by atoms with van der Waals surface area (Å²) in [7, 11) is -1.35. The minimum absolute atomic E-state index is 0.618. The minimum atomic E-state index is -1.35. The number of nitrogens with zero attached hydrogens (tertiary/aromatic N) is 6. The Hall–Kier alpha value is -7.17. The quantitative estimate of drug-likeness (QED) is 0.133. The number of aryl methyl sites for hydroxylation is 6. The van der Waals surface area contributed by atoms with E-state index < -0.39 is 7.12 Å². The van der Waals surface area contributed by atoms with Crippen LogP contribution in [0.1, 0.15) is 33.6 Å². The Morgan fingerprint density at radius 2 is 0.906 bits per heavy atom. The van der Waals surface area contributed by atoms with E-state index in [0.717, 1.165) is 99.5 Å². The van der Waals surface area contributed by atoms with Crippen molar-refractivity contribution in [2.75, 3.05) is 0 Å². The van der Waals surface area contributed by atoms with Crippen molar-refractivity contribution < 1.29 is 10.0 Å². The normalized spacial score (nSPS) is 11.5. The van der Waals surface area contributed by atoms with Crippen molar-refractivity contribution in [3.05, 3.63) is 184 Å². The number of rotatable bonds is 2. The fourth-order valence-electron chi connectivity index (χ4n) is 9.26. The van der Waals surface area contributed by atoms with E-state index >= 15 is 0 Å². The Morgan fingerprint density at radius 3 is 1.41 bits per heavy atom. The fraction of sp³-hybridized carbons (Fsp3) is 0.111. The zero-order chi connectivity index (χ0) is 44.4. The van der Waals surface area contributed by atoms with Gasteiger partial charge in [0.2, 0.25) is 0 Å². The summed E-state index contributed by atoms with van der Waals surface area (Å²) in [6.45, 7) is 12.1. The molecule has 8 nitrogen and oxygen atoms in total. The first-order valence-electron chi connectivity index (χ1n) is 21.3. The second-order valence-electron chi connectivity index (χ2n) is 16.6. The molecular weight excluding hydrogens is 811 g/mol. The van der Waals surface area contributed by atoms with E-state index in [1.54, 1.807) is 0 Å². The third-order valence-electron chi connectivity index (χ3n) is 12.2. The van der Waals surface area contributed by atoms with Crippen LogP contribution < -0.4 is 5.46 Å². The van der Waals surface area contributed by atoms with Crippen LogP contribution in [0.15, 0.2) is 146 Å². The average molecular weight is 855 g/mol. The molecule has 0 atom stereocenters. The summed E-state index contributed by atoms with van der Waals surface area (Å²) in [6, 6.07) is 49.7. The molecule has 2 N–H and O–H groups in total. The second kappa shape index (κ2) is 16.2. The van der Waals surface area contributed by atoms with Crippen LogP contribution in [0.3, 0.4) is 0 Å². The van der Waals surface area contributed by atoms with Gasteiger partial charge in [-0.3, -0.25) is 18.8 Å². The van der Waals surface area contributed by atoms with Gasteiger partial charge in [-0.25, -0.2) is 9.97 Å². The maximum absolute atomic E-state index is 8.94. The SMILES string of the molecule is Cc1ccc2c(n1)c1cc(-c3c(C)cccc3C)ccc1n1c3ccccc3nc21.Cc1ccc2c(n1)c1cc(Cl)ccc1n1c3ccccc3nc21.Cc1cccc(C)c1B(O)O. The fourth-order valence-corrected chi connectivity index (χ4v) is 9.43. The van der Waals surface area contributed by atoms with Crippen LogP contribution in [0, 0.1) is 41.5 Å². The van der Waals surface area contributed by atoms with Crippen LogP contribution in [0.5, 0.6) is 0 Å². The lowest BCUT2D eigenvalue weighted by Gasteiger charge is -2.13. The Morgan fingerprint density at radius 1 is 0.438 bits per heavy atom. The van der Waals surface area contributed by atoms with Gasteiger partial charge in [-0.1, -0.05) is 89.5 Å². The number of halogens is 1. The minimum Gasteiger partial charge on any atom is -0.423 e. The van der Waals surface area contributed by atoms with Gasteiger partial charge in [-0.05, 0) is 148 Å². The molecule has 12 rings (SSSR count). The average Bonchev–Trinajstić information content (AvgIpc) is 3.87. The number of hydrogen-bond acceptors (Lipinski definition) is 6. The highest BCUT2D eigenvalue weighted by Crippen LogP contribution is 2.36. The molecule has 0 saturated carbocycles. The molecule has 64 heavy (non-hydrogen) atoms. The number of pyridine rings is 4. The number of para-hydroxylation sites is 4. The number of imidazole rings is 2. The summed E-state index contributed by atoms with van der Waals surface area (Å²) < 4.78 is 4.47. The number of benzene rings is 6. The monoisotopic (exact) mass is 854 g/mol. The lowest BCUT2D eigenvalue weighted by Crippen LogP contribution is -2.34. The van der Waals surface area contributed by atoms with E-state index in [4.69, 9.17) is 41.6 Å². The zero-order valence-electron chi connectivity index (χ0n) is 36.4. The van der Waals surface area contributed by atoms with Gasteiger partial charge in [0.1, 0.15) is 11.3 Å². The Bertz CT molecular complexity index is 3780. The number of hydrogen-bond donors (Lipinski definition) is 2. The first-order chi connectivity index (χ1) is 31.0. The van der Waals surface area contributed by atoms with Gasteiger partial charge in [0.15, 0.2) is 0 Å². The van der Waals surface area contributed by atoms with Gasteiger partial charge in [-0.15, -0.1) is 0 Å². The van der Waals surface area contributed by atoms with Gasteiger partial charge in [0.05, 0.1) is 44.1 Å². The van der Waals surface area contributed by atoms with Crippen LogP contribution in [-0.2, 0) is 0 Å². The highest BCUT2D eigenvalue weighted by atomic mass is 35.5. The maximum Gasteiger partial charge on any atom is 0.488 e. The van der Waals surface area contributed by atoms with E-state index in [-0.39, 0.29) is 0 Å². The van der Waals surface area contributed by atoms with Crippen molar-refractivity contribution in [2.24, 2.45) is 0 Å². The van der Waals surface area contributed by atoms with Crippen LogP contribution in [0.4, 0.5) is 0 Å². The van der Waals surface area contributed by atoms with Crippen molar-refractivity contribution in [3.63, 3.8) is 0 Å². The van der Waals surface area contributed by atoms with Crippen LogP contribution >= 0.6 is 11.6 Å². The summed E-state index contributed by atoms with van der Waals surface area (Å²) in [5.41, 5.74) is 19.8. The topological polar surface area (TPSA) is 101 Å². The molecule has 0 aliphatic rings. The summed E-state index contributed by atoms with van der Waals surface area (Å²) in [5, 5.41) is 22.9. The number of aromatic nitrogens is 6. The first-order valence-corrected chi connectivity index (χ1v) is 21.7. The third kappa shape index (κ3) is 6.99. The molecule has 6 aromatic carbocycles. The number of fused-ring (bicyclic) bond motifs is 16. The molecule has 0 fully saturated rings. The molecule has 6 aromatic heterocycles. The maximum atomic E-state index is 8.94. The van der Waals surface area contributed by atoms with E-state index in [0.29, 0.717) is 10.5 Å². The van der Waals surface area contributed by atoms with Crippen molar-refractivity contribution in [1.82, 2.24) is 28.7 Å². The molecule has 6 heterocycles. The molecule has 312 valence electrons. The largest absolute Gasteiger partial charge is 0.488 e. The lowest BCUT2D eigenvalue weighted by molar-refractivity contribution is 0.425. The first kappa shape index (κ1) is 40.9.